The van der Waals surface area contributed by atoms with Gasteiger partial charge in [-0.15, -0.1) is 0 Å². The molecule has 0 radical (unpaired) electrons. The lowest BCUT2D eigenvalue weighted by Crippen LogP contribution is -2.06. The number of hydrogen-bond acceptors (Lipinski definition) is 1. The zero-order valence-electron chi connectivity index (χ0n) is 7.98. The summed E-state index contributed by atoms with van der Waals surface area (Å²) in [5.74, 6) is 0. The van der Waals surface area contributed by atoms with E-state index in [4.69, 9.17) is 0 Å². The van der Waals surface area contributed by atoms with E-state index in [1.807, 2.05) is 25.1 Å². The van der Waals surface area contributed by atoms with E-state index in [1.165, 1.54) is 5.56 Å². The van der Waals surface area contributed by atoms with Gasteiger partial charge in [-0.05, 0) is 17.7 Å². The van der Waals surface area contributed by atoms with Crippen molar-refractivity contribution >= 4 is 15.1 Å². The second-order valence-corrected chi connectivity index (χ2v) is 5.71. The van der Waals surface area contributed by atoms with Gasteiger partial charge in [0.15, 0.2) is 9.04 Å². The maximum absolute atomic E-state index is 9.42. The van der Waals surface area contributed by atoms with Crippen LogP contribution in [-0.2, 0) is 0 Å². The maximum atomic E-state index is 9.42. The van der Waals surface area contributed by atoms with Crippen LogP contribution in [0.25, 0.3) is 6.08 Å². The zero-order chi connectivity index (χ0) is 9.52. The average Bonchev–Trinajstić information content (AvgIpc) is 2.19. The van der Waals surface area contributed by atoms with Crippen LogP contribution in [0, 0.1) is 0 Å². The van der Waals surface area contributed by atoms with Crippen molar-refractivity contribution in [1.82, 2.24) is 0 Å². The van der Waals surface area contributed by atoms with Gasteiger partial charge in [-0.1, -0.05) is 49.4 Å². The molecular weight excluding hydrogens is 176 g/mol. The first kappa shape index (κ1) is 10.2. The molecule has 1 aromatic carbocycles. The highest BCUT2D eigenvalue weighted by molar-refractivity contribution is 6.50. The first-order valence-electron chi connectivity index (χ1n) is 4.72. The summed E-state index contributed by atoms with van der Waals surface area (Å²) < 4.78 is 0. The number of benzene rings is 1. The highest BCUT2D eigenvalue weighted by Crippen LogP contribution is 2.03. The lowest BCUT2D eigenvalue weighted by Gasteiger charge is -1.98. The van der Waals surface area contributed by atoms with Crippen molar-refractivity contribution in [1.29, 1.82) is 0 Å². The molecule has 0 amide bonds. The molecule has 0 saturated heterocycles. The quantitative estimate of drug-likeness (QED) is 0.726. The van der Waals surface area contributed by atoms with Gasteiger partial charge in [-0.25, -0.2) is 0 Å². The van der Waals surface area contributed by atoms with Crippen LogP contribution in [-0.4, -0.2) is 13.8 Å². The fraction of sp³-hybridized carbons (Fsp3) is 0.273. The third-order valence-corrected chi connectivity index (χ3v) is 3.75. The average molecular weight is 192 g/mol. The van der Waals surface area contributed by atoms with Gasteiger partial charge in [0.1, 0.15) is 0 Å². The summed E-state index contributed by atoms with van der Waals surface area (Å²) in [5.41, 5.74) is 1.21. The molecule has 0 heterocycles. The summed E-state index contributed by atoms with van der Waals surface area (Å²) in [6.45, 7) is 2.05. The van der Waals surface area contributed by atoms with E-state index >= 15 is 0 Å². The van der Waals surface area contributed by atoms with Crippen molar-refractivity contribution in [2.24, 2.45) is 0 Å². The van der Waals surface area contributed by atoms with Gasteiger partial charge in [0.2, 0.25) is 0 Å². The lowest BCUT2D eigenvalue weighted by molar-refractivity contribution is 0.573. The van der Waals surface area contributed by atoms with Crippen molar-refractivity contribution in [2.45, 2.75) is 19.0 Å². The molecule has 0 fully saturated rings. The first-order chi connectivity index (χ1) is 6.33. The standard InChI is InChI=1S/C11H16OSi/c1-2-13(12)10-6-9-11-7-4-3-5-8-11/h3-9,12-13H,2,10H2,1H3. The SMILES string of the molecule is CC[SiH](O)CC=Cc1ccccc1. The van der Waals surface area contributed by atoms with Crippen LogP contribution in [0.15, 0.2) is 36.4 Å². The summed E-state index contributed by atoms with van der Waals surface area (Å²) >= 11 is 0. The van der Waals surface area contributed by atoms with Gasteiger partial charge >= 0.3 is 0 Å². The predicted molar refractivity (Wildman–Crippen MR) is 60.1 cm³/mol. The Bertz CT molecular complexity index is 256. The fourth-order valence-corrected chi connectivity index (χ4v) is 1.88. The highest BCUT2D eigenvalue weighted by Gasteiger charge is 1.98. The van der Waals surface area contributed by atoms with E-state index in [9.17, 15) is 4.80 Å². The predicted octanol–water partition coefficient (Wildman–Crippen LogP) is 2.44. The molecule has 0 spiro atoms. The molecule has 1 rings (SSSR count). The summed E-state index contributed by atoms with van der Waals surface area (Å²) in [7, 11) is -1.41. The largest absolute Gasteiger partial charge is 0.434 e. The summed E-state index contributed by atoms with van der Waals surface area (Å²) in [6.07, 6.45) is 4.15. The molecule has 0 bridgehead atoms. The lowest BCUT2D eigenvalue weighted by atomic mass is 10.2. The minimum atomic E-state index is -1.41. The highest BCUT2D eigenvalue weighted by atomic mass is 28.3. The Morgan fingerprint density at radius 1 is 1.31 bits per heavy atom. The first-order valence-corrected chi connectivity index (χ1v) is 6.87. The Labute approximate surface area is 81.5 Å². The Balaban J connectivity index is 2.41. The van der Waals surface area contributed by atoms with Crippen LogP contribution >= 0.6 is 0 Å². The number of rotatable bonds is 4. The van der Waals surface area contributed by atoms with E-state index in [-0.39, 0.29) is 0 Å². The van der Waals surface area contributed by atoms with E-state index in [0.29, 0.717) is 0 Å². The minimum absolute atomic E-state index is 0.880. The van der Waals surface area contributed by atoms with Crippen molar-refractivity contribution in [3.8, 4) is 0 Å². The smallest absolute Gasteiger partial charge is 0.176 e. The van der Waals surface area contributed by atoms with E-state index in [0.717, 1.165) is 12.1 Å². The number of hydrogen-bond donors (Lipinski definition) is 1. The molecule has 70 valence electrons. The molecule has 1 unspecified atom stereocenters. The van der Waals surface area contributed by atoms with E-state index in [1.54, 1.807) is 0 Å². The molecular formula is C11H16OSi. The Morgan fingerprint density at radius 2 is 2.00 bits per heavy atom. The number of allylic oxidation sites excluding steroid dienone is 1. The third-order valence-electron chi connectivity index (χ3n) is 1.99. The third kappa shape index (κ3) is 4.06. The van der Waals surface area contributed by atoms with Gasteiger partial charge in [0.05, 0.1) is 0 Å². The molecule has 0 aliphatic carbocycles. The van der Waals surface area contributed by atoms with Crippen LogP contribution in [0.3, 0.4) is 0 Å². The van der Waals surface area contributed by atoms with Crippen molar-refractivity contribution in [3.05, 3.63) is 42.0 Å². The fourth-order valence-electron chi connectivity index (χ4n) is 1.09. The second kappa shape index (κ2) is 5.73. The molecule has 2 heteroatoms. The summed E-state index contributed by atoms with van der Waals surface area (Å²) in [4.78, 5) is 9.42. The Hall–Kier alpha value is -0.863. The van der Waals surface area contributed by atoms with Crippen LogP contribution in [0.1, 0.15) is 12.5 Å². The van der Waals surface area contributed by atoms with Gasteiger partial charge in [-0.3, -0.25) is 0 Å². The molecule has 0 saturated carbocycles. The van der Waals surface area contributed by atoms with Crippen LogP contribution in [0.5, 0.6) is 0 Å². The topological polar surface area (TPSA) is 20.2 Å². The van der Waals surface area contributed by atoms with Crippen molar-refractivity contribution in [2.75, 3.05) is 0 Å². The van der Waals surface area contributed by atoms with Crippen LogP contribution in [0.2, 0.25) is 12.1 Å². The molecule has 0 aromatic heterocycles. The molecule has 1 nitrogen and oxygen atoms in total. The van der Waals surface area contributed by atoms with Gasteiger partial charge in [0.25, 0.3) is 0 Å². The van der Waals surface area contributed by atoms with Gasteiger partial charge in [-0.2, -0.15) is 0 Å². The molecule has 0 aliphatic rings. The maximum Gasteiger partial charge on any atom is 0.176 e. The van der Waals surface area contributed by atoms with Crippen LogP contribution < -0.4 is 0 Å². The second-order valence-electron chi connectivity index (χ2n) is 3.11. The van der Waals surface area contributed by atoms with Gasteiger partial charge in [0, 0.05) is 0 Å². The van der Waals surface area contributed by atoms with Gasteiger partial charge < -0.3 is 4.80 Å². The summed E-state index contributed by atoms with van der Waals surface area (Å²) in [6, 6.07) is 12.0. The molecule has 1 atom stereocenters. The van der Waals surface area contributed by atoms with E-state index in [2.05, 4.69) is 24.3 Å². The molecule has 1 N–H and O–H groups in total. The minimum Gasteiger partial charge on any atom is -0.434 e. The van der Waals surface area contributed by atoms with Crippen LogP contribution in [0.4, 0.5) is 0 Å². The molecule has 0 aliphatic heterocycles. The molecule has 1 aromatic rings. The zero-order valence-corrected chi connectivity index (χ0v) is 9.13. The van der Waals surface area contributed by atoms with Crippen molar-refractivity contribution < 1.29 is 4.80 Å². The normalized spacial score (nSPS) is 13.4. The van der Waals surface area contributed by atoms with E-state index < -0.39 is 9.04 Å². The monoisotopic (exact) mass is 192 g/mol. The Morgan fingerprint density at radius 3 is 2.62 bits per heavy atom. The Kier molecular flexibility index (Phi) is 4.50. The summed E-state index contributed by atoms with van der Waals surface area (Å²) in [5, 5.41) is 0. The molecule has 13 heavy (non-hydrogen) atoms. The van der Waals surface area contributed by atoms with Crippen molar-refractivity contribution in [3.63, 3.8) is 0 Å².